The lowest BCUT2D eigenvalue weighted by Crippen LogP contribution is -2.20. The summed E-state index contributed by atoms with van der Waals surface area (Å²) in [6, 6.07) is 5.39. The molecule has 0 saturated heterocycles. The second-order valence-electron chi connectivity index (χ2n) is 4.81. The van der Waals surface area contributed by atoms with Crippen molar-refractivity contribution in [2.24, 2.45) is 0 Å². The second kappa shape index (κ2) is 6.39. The van der Waals surface area contributed by atoms with Gasteiger partial charge in [-0.15, -0.1) is 0 Å². The van der Waals surface area contributed by atoms with E-state index in [1.165, 1.54) is 57.1 Å². The van der Waals surface area contributed by atoms with Crippen molar-refractivity contribution in [3.8, 4) is 0 Å². The van der Waals surface area contributed by atoms with Crippen molar-refractivity contribution in [3.63, 3.8) is 0 Å². The zero-order chi connectivity index (χ0) is 12.1. The van der Waals surface area contributed by atoms with E-state index in [-0.39, 0.29) is 5.82 Å². The van der Waals surface area contributed by atoms with Crippen LogP contribution in [0.15, 0.2) is 22.7 Å². The molecule has 0 unspecified atom stereocenters. The van der Waals surface area contributed by atoms with Crippen LogP contribution < -0.4 is 5.32 Å². The number of rotatable bonds is 2. The molecular weight excluding hydrogens is 281 g/mol. The Bertz CT molecular complexity index is 359. The van der Waals surface area contributed by atoms with Crippen LogP contribution in [0.5, 0.6) is 0 Å². The van der Waals surface area contributed by atoms with Crippen LogP contribution in [0.2, 0.25) is 0 Å². The van der Waals surface area contributed by atoms with E-state index in [0.29, 0.717) is 6.04 Å². The van der Waals surface area contributed by atoms with Crippen LogP contribution in [0.4, 0.5) is 10.1 Å². The summed E-state index contributed by atoms with van der Waals surface area (Å²) in [5, 5.41) is 3.53. The van der Waals surface area contributed by atoms with Crippen molar-refractivity contribution in [3.05, 3.63) is 28.5 Å². The minimum Gasteiger partial charge on any atom is -0.381 e. The second-order valence-corrected chi connectivity index (χ2v) is 5.66. The SMILES string of the molecule is Fc1ccc(NC2CCCCCCC2)c(Br)c1. The van der Waals surface area contributed by atoms with Gasteiger partial charge in [-0.2, -0.15) is 0 Å². The maximum atomic E-state index is 13.0. The van der Waals surface area contributed by atoms with Gasteiger partial charge in [-0.25, -0.2) is 4.39 Å². The van der Waals surface area contributed by atoms with Crippen LogP contribution in [-0.2, 0) is 0 Å². The molecule has 0 heterocycles. The lowest BCUT2D eigenvalue weighted by atomic mass is 9.96. The molecule has 0 aromatic heterocycles. The largest absolute Gasteiger partial charge is 0.381 e. The zero-order valence-corrected chi connectivity index (χ0v) is 11.6. The Morgan fingerprint density at radius 3 is 2.35 bits per heavy atom. The third-order valence-electron chi connectivity index (χ3n) is 3.40. The molecule has 1 nitrogen and oxygen atoms in total. The summed E-state index contributed by atoms with van der Waals surface area (Å²) < 4.78 is 13.8. The van der Waals surface area contributed by atoms with E-state index in [4.69, 9.17) is 0 Å². The molecule has 3 heteroatoms. The van der Waals surface area contributed by atoms with Gasteiger partial charge >= 0.3 is 0 Å². The highest BCUT2D eigenvalue weighted by atomic mass is 79.9. The molecule has 1 fully saturated rings. The van der Waals surface area contributed by atoms with Crippen molar-refractivity contribution in [1.82, 2.24) is 0 Å². The standard InChI is InChI=1S/C14H19BrFN/c15-13-10-11(16)8-9-14(13)17-12-6-4-2-1-3-5-7-12/h8-10,12,17H,1-7H2. The van der Waals surface area contributed by atoms with E-state index < -0.39 is 0 Å². The van der Waals surface area contributed by atoms with Gasteiger partial charge in [0, 0.05) is 16.2 Å². The van der Waals surface area contributed by atoms with Crippen LogP contribution in [0.25, 0.3) is 0 Å². The van der Waals surface area contributed by atoms with E-state index in [0.717, 1.165) is 10.2 Å². The molecule has 0 amide bonds. The Morgan fingerprint density at radius 1 is 1.06 bits per heavy atom. The Morgan fingerprint density at radius 2 is 1.71 bits per heavy atom. The molecule has 94 valence electrons. The van der Waals surface area contributed by atoms with Crippen LogP contribution in [0.3, 0.4) is 0 Å². The molecule has 1 N–H and O–H groups in total. The number of hydrogen-bond acceptors (Lipinski definition) is 1. The van der Waals surface area contributed by atoms with Gasteiger partial charge in [-0.3, -0.25) is 0 Å². The summed E-state index contributed by atoms with van der Waals surface area (Å²) in [5.74, 6) is -0.194. The minimum atomic E-state index is -0.194. The Balaban J connectivity index is 1.98. The van der Waals surface area contributed by atoms with Crippen molar-refractivity contribution in [1.29, 1.82) is 0 Å². The predicted octanol–water partition coefficient (Wildman–Crippen LogP) is 5.11. The molecule has 0 radical (unpaired) electrons. The molecule has 2 rings (SSSR count). The maximum Gasteiger partial charge on any atom is 0.124 e. The van der Waals surface area contributed by atoms with Crippen molar-refractivity contribution >= 4 is 21.6 Å². The van der Waals surface area contributed by atoms with Crippen LogP contribution in [-0.4, -0.2) is 6.04 Å². The van der Waals surface area contributed by atoms with Crippen molar-refractivity contribution < 1.29 is 4.39 Å². The van der Waals surface area contributed by atoms with E-state index in [1.807, 2.05) is 6.07 Å². The predicted molar refractivity (Wildman–Crippen MR) is 73.8 cm³/mol. The van der Waals surface area contributed by atoms with Crippen LogP contribution in [0, 0.1) is 5.82 Å². The topological polar surface area (TPSA) is 12.0 Å². The molecule has 1 aromatic carbocycles. The monoisotopic (exact) mass is 299 g/mol. The summed E-state index contributed by atoms with van der Waals surface area (Å²) >= 11 is 3.41. The Kier molecular flexibility index (Phi) is 4.84. The lowest BCUT2D eigenvalue weighted by molar-refractivity contribution is 0.471. The number of nitrogens with one attached hydrogen (secondary N) is 1. The highest BCUT2D eigenvalue weighted by Gasteiger charge is 2.12. The van der Waals surface area contributed by atoms with E-state index >= 15 is 0 Å². The van der Waals surface area contributed by atoms with Crippen LogP contribution >= 0.6 is 15.9 Å². The first-order valence-electron chi connectivity index (χ1n) is 6.47. The van der Waals surface area contributed by atoms with Gasteiger partial charge in [0.15, 0.2) is 0 Å². The van der Waals surface area contributed by atoms with E-state index in [1.54, 1.807) is 0 Å². The average Bonchev–Trinajstić information content (AvgIpc) is 2.25. The highest BCUT2D eigenvalue weighted by molar-refractivity contribution is 9.10. The molecule has 1 saturated carbocycles. The lowest BCUT2D eigenvalue weighted by Gasteiger charge is -2.22. The fraction of sp³-hybridized carbons (Fsp3) is 0.571. The Hall–Kier alpha value is -0.570. The molecule has 1 aliphatic rings. The molecule has 0 atom stereocenters. The first-order chi connectivity index (χ1) is 8.25. The number of halogens is 2. The summed E-state index contributed by atoms with van der Waals surface area (Å²) in [6.45, 7) is 0. The van der Waals surface area contributed by atoms with E-state index in [2.05, 4.69) is 21.2 Å². The number of anilines is 1. The normalized spacial score (nSPS) is 18.5. The minimum absolute atomic E-state index is 0.194. The summed E-state index contributed by atoms with van der Waals surface area (Å²) in [4.78, 5) is 0. The van der Waals surface area contributed by atoms with Crippen molar-refractivity contribution in [2.75, 3.05) is 5.32 Å². The van der Waals surface area contributed by atoms with Gasteiger partial charge in [-0.1, -0.05) is 32.1 Å². The third-order valence-corrected chi connectivity index (χ3v) is 4.05. The van der Waals surface area contributed by atoms with Gasteiger partial charge in [-0.05, 0) is 47.0 Å². The van der Waals surface area contributed by atoms with Gasteiger partial charge in [0.05, 0.1) is 0 Å². The van der Waals surface area contributed by atoms with Gasteiger partial charge < -0.3 is 5.32 Å². The molecule has 0 aliphatic heterocycles. The number of benzene rings is 1. The molecule has 17 heavy (non-hydrogen) atoms. The Labute approximate surface area is 111 Å². The first kappa shape index (κ1) is 12.9. The molecular formula is C14H19BrFN. The fourth-order valence-corrected chi connectivity index (χ4v) is 2.89. The summed E-state index contributed by atoms with van der Waals surface area (Å²) in [7, 11) is 0. The summed E-state index contributed by atoms with van der Waals surface area (Å²) in [5.41, 5.74) is 1.01. The fourth-order valence-electron chi connectivity index (χ4n) is 2.43. The maximum absolute atomic E-state index is 13.0. The smallest absolute Gasteiger partial charge is 0.124 e. The molecule has 0 spiro atoms. The number of hydrogen-bond donors (Lipinski definition) is 1. The molecule has 1 aromatic rings. The van der Waals surface area contributed by atoms with Gasteiger partial charge in [0.2, 0.25) is 0 Å². The zero-order valence-electron chi connectivity index (χ0n) is 10.0. The third kappa shape index (κ3) is 3.98. The van der Waals surface area contributed by atoms with Gasteiger partial charge in [0.1, 0.15) is 5.82 Å². The van der Waals surface area contributed by atoms with Crippen molar-refractivity contribution in [2.45, 2.75) is 51.0 Å². The average molecular weight is 300 g/mol. The molecule has 0 bridgehead atoms. The van der Waals surface area contributed by atoms with Crippen LogP contribution in [0.1, 0.15) is 44.9 Å². The quantitative estimate of drug-likeness (QED) is 0.800. The summed E-state index contributed by atoms with van der Waals surface area (Å²) in [6.07, 6.45) is 9.14. The first-order valence-corrected chi connectivity index (χ1v) is 7.26. The van der Waals surface area contributed by atoms with E-state index in [9.17, 15) is 4.39 Å². The van der Waals surface area contributed by atoms with Gasteiger partial charge in [0.25, 0.3) is 0 Å². The highest BCUT2D eigenvalue weighted by Crippen LogP contribution is 2.26. The molecule has 1 aliphatic carbocycles.